The number of benzene rings is 1. The molecule has 0 bridgehead atoms. The molecule has 1 aromatic carbocycles. The summed E-state index contributed by atoms with van der Waals surface area (Å²) >= 11 is 0. The summed E-state index contributed by atoms with van der Waals surface area (Å²) in [6.07, 6.45) is 5.20. The maximum Gasteiger partial charge on any atom is 0.335 e. The average molecular weight is 310 g/mol. The van der Waals surface area contributed by atoms with Crippen LogP contribution in [-0.4, -0.2) is 40.0 Å². The van der Waals surface area contributed by atoms with Crippen molar-refractivity contribution in [2.45, 2.75) is 18.8 Å². The summed E-state index contributed by atoms with van der Waals surface area (Å²) in [5.74, 6) is -0.647. The smallest absolute Gasteiger partial charge is 0.335 e. The molecule has 1 aliphatic rings. The van der Waals surface area contributed by atoms with Crippen molar-refractivity contribution in [2.24, 2.45) is 0 Å². The molecule has 3 rings (SSSR count). The third kappa shape index (κ3) is 3.39. The van der Waals surface area contributed by atoms with Crippen molar-refractivity contribution >= 4 is 11.9 Å². The molecule has 1 fully saturated rings. The van der Waals surface area contributed by atoms with E-state index in [0.29, 0.717) is 12.1 Å². The molecule has 2 aromatic rings. The van der Waals surface area contributed by atoms with Gasteiger partial charge in [-0.1, -0.05) is 12.1 Å². The molecule has 0 saturated carbocycles. The fourth-order valence-electron chi connectivity index (χ4n) is 3.01. The molecule has 1 amide bonds. The zero-order chi connectivity index (χ0) is 16.2. The van der Waals surface area contributed by atoms with E-state index in [-0.39, 0.29) is 17.4 Å². The molecule has 1 atom stereocenters. The molecule has 2 heterocycles. The molecule has 1 aliphatic heterocycles. The topological polar surface area (TPSA) is 70.5 Å². The standard InChI is InChI=1S/C18H18N2O3/c21-17(14-7-9-19-10-8-14)20-11-1-2-16(12-20)13-3-5-15(6-4-13)18(22)23/h3-10,16H,1-2,11-12H2,(H,22,23). The van der Waals surface area contributed by atoms with Crippen LogP contribution in [0.4, 0.5) is 0 Å². The highest BCUT2D eigenvalue weighted by atomic mass is 16.4. The number of carboxylic acid groups (broad SMARTS) is 1. The molecule has 5 nitrogen and oxygen atoms in total. The number of amides is 1. The van der Waals surface area contributed by atoms with Gasteiger partial charge in [-0.05, 0) is 42.7 Å². The lowest BCUT2D eigenvalue weighted by molar-refractivity contribution is 0.0693. The van der Waals surface area contributed by atoms with Gasteiger partial charge in [0, 0.05) is 37.0 Å². The molecular weight excluding hydrogens is 292 g/mol. The third-order valence-electron chi connectivity index (χ3n) is 4.26. The van der Waals surface area contributed by atoms with Crippen molar-refractivity contribution in [1.29, 1.82) is 0 Å². The van der Waals surface area contributed by atoms with Gasteiger partial charge in [0.05, 0.1) is 5.56 Å². The van der Waals surface area contributed by atoms with Crippen LogP contribution in [0.2, 0.25) is 0 Å². The summed E-state index contributed by atoms with van der Waals surface area (Å²) in [6.45, 7) is 1.42. The third-order valence-corrected chi connectivity index (χ3v) is 4.26. The number of aromatic carboxylic acids is 1. The molecule has 0 spiro atoms. The van der Waals surface area contributed by atoms with Crippen molar-refractivity contribution in [2.75, 3.05) is 13.1 Å². The minimum atomic E-state index is -0.922. The first-order valence-electron chi connectivity index (χ1n) is 7.67. The quantitative estimate of drug-likeness (QED) is 0.946. The van der Waals surface area contributed by atoms with Crippen molar-refractivity contribution < 1.29 is 14.7 Å². The molecule has 1 saturated heterocycles. The summed E-state index contributed by atoms with van der Waals surface area (Å²) in [5, 5.41) is 8.97. The first-order valence-corrected chi connectivity index (χ1v) is 7.67. The number of rotatable bonds is 3. The second-order valence-electron chi connectivity index (χ2n) is 5.75. The van der Waals surface area contributed by atoms with Crippen molar-refractivity contribution in [1.82, 2.24) is 9.88 Å². The van der Waals surface area contributed by atoms with Crippen molar-refractivity contribution in [3.63, 3.8) is 0 Å². The second kappa shape index (κ2) is 6.60. The lowest BCUT2D eigenvalue weighted by Crippen LogP contribution is -2.39. The largest absolute Gasteiger partial charge is 0.478 e. The molecule has 1 unspecified atom stereocenters. The lowest BCUT2D eigenvalue weighted by atomic mass is 9.90. The van der Waals surface area contributed by atoms with E-state index >= 15 is 0 Å². The summed E-state index contributed by atoms with van der Waals surface area (Å²) in [4.78, 5) is 29.3. The van der Waals surface area contributed by atoms with Gasteiger partial charge in [0.2, 0.25) is 0 Å². The lowest BCUT2D eigenvalue weighted by Gasteiger charge is -2.33. The highest BCUT2D eigenvalue weighted by molar-refractivity contribution is 5.94. The Morgan fingerprint density at radius 2 is 1.74 bits per heavy atom. The first-order chi connectivity index (χ1) is 11.1. The van der Waals surface area contributed by atoms with E-state index in [1.807, 2.05) is 17.0 Å². The van der Waals surface area contributed by atoms with Gasteiger partial charge in [-0.25, -0.2) is 4.79 Å². The maximum atomic E-state index is 12.5. The maximum absolute atomic E-state index is 12.5. The van der Waals surface area contributed by atoms with E-state index in [4.69, 9.17) is 5.11 Å². The number of likely N-dealkylation sites (tertiary alicyclic amines) is 1. The fraction of sp³-hybridized carbons (Fsp3) is 0.278. The molecule has 23 heavy (non-hydrogen) atoms. The Morgan fingerprint density at radius 1 is 1.04 bits per heavy atom. The summed E-state index contributed by atoms with van der Waals surface area (Å²) in [7, 11) is 0. The summed E-state index contributed by atoms with van der Waals surface area (Å²) in [6, 6.07) is 10.4. The van der Waals surface area contributed by atoms with Crippen LogP contribution in [0.3, 0.4) is 0 Å². The predicted octanol–water partition coefficient (Wildman–Crippen LogP) is 2.80. The SMILES string of the molecule is O=C(O)c1ccc(C2CCCN(C(=O)c3ccncc3)C2)cc1. The Bertz CT molecular complexity index is 698. The average Bonchev–Trinajstić information content (AvgIpc) is 2.62. The molecule has 118 valence electrons. The minimum absolute atomic E-state index is 0.0271. The molecule has 5 heteroatoms. The van der Waals surface area contributed by atoms with Crippen LogP contribution in [0.1, 0.15) is 45.0 Å². The first kappa shape index (κ1) is 15.2. The molecular formula is C18H18N2O3. The van der Waals surface area contributed by atoms with Crippen LogP contribution in [0.5, 0.6) is 0 Å². The zero-order valence-electron chi connectivity index (χ0n) is 12.7. The Balaban J connectivity index is 1.73. The Labute approximate surface area is 134 Å². The number of piperidine rings is 1. The van der Waals surface area contributed by atoms with Gasteiger partial charge in [0.15, 0.2) is 0 Å². The summed E-state index contributed by atoms with van der Waals surface area (Å²) in [5.41, 5.74) is 2.03. The number of carboxylic acids is 1. The van der Waals surface area contributed by atoms with Gasteiger partial charge in [0.25, 0.3) is 5.91 Å². The highest BCUT2D eigenvalue weighted by Gasteiger charge is 2.25. The normalized spacial score (nSPS) is 17.7. The Kier molecular flexibility index (Phi) is 4.37. The summed E-state index contributed by atoms with van der Waals surface area (Å²) < 4.78 is 0. The van der Waals surface area contributed by atoms with Gasteiger partial charge in [-0.2, -0.15) is 0 Å². The number of nitrogens with zero attached hydrogens (tertiary/aromatic N) is 2. The molecule has 0 radical (unpaired) electrons. The van der Waals surface area contributed by atoms with Crippen LogP contribution < -0.4 is 0 Å². The van der Waals surface area contributed by atoms with E-state index in [1.165, 1.54) is 0 Å². The van der Waals surface area contributed by atoms with Crippen LogP contribution in [0.15, 0.2) is 48.8 Å². The van der Waals surface area contributed by atoms with Gasteiger partial charge in [-0.3, -0.25) is 9.78 Å². The van der Waals surface area contributed by atoms with Gasteiger partial charge < -0.3 is 10.0 Å². The van der Waals surface area contributed by atoms with Crippen molar-refractivity contribution in [3.05, 3.63) is 65.5 Å². The van der Waals surface area contributed by atoms with Crippen LogP contribution in [0, 0.1) is 0 Å². The van der Waals surface area contributed by atoms with E-state index in [0.717, 1.165) is 24.9 Å². The Hall–Kier alpha value is -2.69. The number of hydrogen-bond acceptors (Lipinski definition) is 3. The van der Waals surface area contributed by atoms with E-state index in [2.05, 4.69) is 4.98 Å². The second-order valence-corrected chi connectivity index (χ2v) is 5.75. The van der Waals surface area contributed by atoms with Gasteiger partial charge in [-0.15, -0.1) is 0 Å². The number of aromatic nitrogens is 1. The van der Waals surface area contributed by atoms with Crippen LogP contribution >= 0.6 is 0 Å². The predicted molar refractivity (Wildman–Crippen MR) is 85.5 cm³/mol. The van der Waals surface area contributed by atoms with Crippen molar-refractivity contribution in [3.8, 4) is 0 Å². The highest BCUT2D eigenvalue weighted by Crippen LogP contribution is 2.28. The Morgan fingerprint density at radius 3 is 2.39 bits per heavy atom. The molecule has 0 aliphatic carbocycles. The monoisotopic (exact) mass is 310 g/mol. The number of pyridine rings is 1. The van der Waals surface area contributed by atoms with Gasteiger partial charge >= 0.3 is 5.97 Å². The number of carbonyl (C=O) groups is 2. The van der Waals surface area contributed by atoms with Gasteiger partial charge in [0.1, 0.15) is 0 Å². The fourth-order valence-corrected chi connectivity index (χ4v) is 3.01. The number of hydrogen-bond donors (Lipinski definition) is 1. The minimum Gasteiger partial charge on any atom is -0.478 e. The van der Waals surface area contributed by atoms with E-state index in [1.54, 1.807) is 36.7 Å². The van der Waals surface area contributed by atoms with Crippen LogP contribution in [0.25, 0.3) is 0 Å². The van der Waals surface area contributed by atoms with E-state index in [9.17, 15) is 9.59 Å². The molecule has 1 aromatic heterocycles. The van der Waals surface area contributed by atoms with E-state index < -0.39 is 5.97 Å². The van der Waals surface area contributed by atoms with Crippen LogP contribution in [-0.2, 0) is 0 Å². The number of carbonyl (C=O) groups excluding carboxylic acids is 1. The molecule has 1 N–H and O–H groups in total. The zero-order valence-corrected chi connectivity index (χ0v) is 12.7.